The summed E-state index contributed by atoms with van der Waals surface area (Å²) < 4.78 is 0. The Morgan fingerprint density at radius 3 is 1.52 bits per heavy atom. The van der Waals surface area contributed by atoms with Crippen molar-refractivity contribution >= 4 is 0 Å². The molecule has 1 radical (unpaired) electrons. The van der Waals surface area contributed by atoms with E-state index < -0.39 is 0 Å². The summed E-state index contributed by atoms with van der Waals surface area (Å²) in [7, 11) is 0. The zero-order chi connectivity index (χ0) is 20.0. The Morgan fingerprint density at radius 2 is 0.966 bits per heavy atom. The number of allylic oxidation sites excluding steroid dienone is 1. The van der Waals surface area contributed by atoms with Crippen LogP contribution in [-0.2, 0) is 0 Å². The molecule has 1 unspecified atom stereocenters. The first-order valence-corrected chi connectivity index (χ1v) is 13.2. The van der Waals surface area contributed by atoms with Gasteiger partial charge in [-0.25, -0.2) is 0 Å². The van der Waals surface area contributed by atoms with Crippen LogP contribution >= 0.6 is 0 Å². The maximum atomic E-state index is 3.80. The molecule has 0 heterocycles. The Kier molecular flexibility index (Phi) is 11.0. The molecule has 29 heavy (non-hydrogen) atoms. The molecule has 1 fully saturated rings. The second-order valence-corrected chi connectivity index (χ2v) is 9.69. The third-order valence-corrected chi connectivity index (χ3v) is 7.24. The van der Waals surface area contributed by atoms with Gasteiger partial charge in [-0.05, 0) is 36.5 Å². The molecule has 0 heteroatoms. The van der Waals surface area contributed by atoms with E-state index >= 15 is 0 Å². The van der Waals surface area contributed by atoms with Crippen LogP contribution in [-0.4, -0.2) is 0 Å². The fourth-order valence-corrected chi connectivity index (χ4v) is 5.42. The highest BCUT2D eigenvalue weighted by atomic mass is 14.3. The maximum absolute atomic E-state index is 3.80. The van der Waals surface area contributed by atoms with Crippen LogP contribution in [0.25, 0.3) is 0 Å². The first-order chi connectivity index (χ1) is 14.4. The van der Waals surface area contributed by atoms with Gasteiger partial charge in [0.15, 0.2) is 0 Å². The highest BCUT2D eigenvalue weighted by Gasteiger charge is 2.24. The topological polar surface area (TPSA) is 0 Å². The monoisotopic (exact) mass is 393 g/mol. The Bertz CT molecular complexity index is 581. The van der Waals surface area contributed by atoms with Crippen LogP contribution in [0.4, 0.5) is 0 Å². The highest BCUT2D eigenvalue weighted by Crippen LogP contribution is 2.40. The lowest BCUT2D eigenvalue weighted by atomic mass is 9.87. The zero-order valence-electron chi connectivity index (χ0n) is 19.0. The minimum absolute atomic E-state index is 0.670. The molecule has 2 aliphatic rings. The first kappa shape index (κ1) is 22.6. The molecule has 0 N–H and O–H groups in total. The van der Waals surface area contributed by atoms with E-state index in [0.717, 1.165) is 0 Å². The van der Waals surface area contributed by atoms with Crippen molar-refractivity contribution in [1.29, 1.82) is 0 Å². The third kappa shape index (κ3) is 8.31. The van der Waals surface area contributed by atoms with Gasteiger partial charge >= 0.3 is 0 Å². The summed E-state index contributed by atoms with van der Waals surface area (Å²) in [5.41, 5.74) is 4.57. The van der Waals surface area contributed by atoms with E-state index in [1.54, 1.807) is 11.1 Å². The Morgan fingerprint density at radius 1 is 0.517 bits per heavy atom. The van der Waals surface area contributed by atoms with E-state index in [-0.39, 0.29) is 0 Å². The van der Waals surface area contributed by atoms with Crippen molar-refractivity contribution in [1.82, 2.24) is 0 Å². The molecule has 0 nitrogen and oxygen atoms in total. The normalized spacial score (nSPS) is 24.4. The van der Waals surface area contributed by atoms with Gasteiger partial charge in [0.2, 0.25) is 0 Å². The van der Waals surface area contributed by atoms with E-state index in [2.05, 4.69) is 30.3 Å². The summed E-state index contributed by atoms with van der Waals surface area (Å²) in [5, 5.41) is 0. The fraction of sp³-hybridized carbons (Fsp3) is 0.724. The summed E-state index contributed by atoms with van der Waals surface area (Å²) in [6, 6.07) is 9.06. The largest absolute Gasteiger partial charge is 0.0619 e. The molecule has 1 aromatic rings. The molecule has 0 saturated heterocycles. The van der Waals surface area contributed by atoms with Crippen LogP contribution < -0.4 is 0 Å². The predicted molar refractivity (Wildman–Crippen MR) is 127 cm³/mol. The van der Waals surface area contributed by atoms with Gasteiger partial charge in [-0.3, -0.25) is 0 Å². The quantitative estimate of drug-likeness (QED) is 0.411. The molecule has 161 valence electrons. The zero-order valence-corrected chi connectivity index (χ0v) is 19.0. The number of benzene rings is 1. The number of fused-ring (bicyclic) bond motifs is 3. The van der Waals surface area contributed by atoms with Crippen LogP contribution in [0.3, 0.4) is 0 Å². The summed E-state index contributed by atoms with van der Waals surface area (Å²) in [4.78, 5) is 0. The third-order valence-electron chi connectivity index (χ3n) is 7.24. The van der Waals surface area contributed by atoms with Crippen molar-refractivity contribution in [3.63, 3.8) is 0 Å². The van der Waals surface area contributed by atoms with Gasteiger partial charge in [0.05, 0.1) is 0 Å². The van der Waals surface area contributed by atoms with Crippen LogP contribution in [0.2, 0.25) is 0 Å². The second-order valence-electron chi connectivity index (χ2n) is 9.69. The fourth-order valence-electron chi connectivity index (χ4n) is 5.42. The minimum atomic E-state index is 0.670. The molecule has 1 saturated carbocycles. The first-order valence-electron chi connectivity index (χ1n) is 13.2. The molecule has 0 aromatic heterocycles. The number of hydrogen-bond donors (Lipinski definition) is 0. The summed E-state index contributed by atoms with van der Waals surface area (Å²) in [6.07, 6.45) is 32.5. The standard InChI is InChI=1S/C29H45/c1-2-4-6-8-10-12-14-16-18-23-28-26(25-27-22-19-20-24-29(27)28)21-17-15-13-11-9-7-5-3-1/h19-20,22,24,28H,1-18,21,23H2. The maximum Gasteiger partial charge on any atom is 0.00637 e. The molecule has 0 amide bonds. The molecule has 1 atom stereocenters. The average molecular weight is 394 g/mol. The summed E-state index contributed by atoms with van der Waals surface area (Å²) in [6.45, 7) is 0. The highest BCUT2D eigenvalue weighted by molar-refractivity contribution is 5.46. The van der Waals surface area contributed by atoms with E-state index in [9.17, 15) is 0 Å². The van der Waals surface area contributed by atoms with Gasteiger partial charge in [0.25, 0.3) is 0 Å². The molecule has 0 bridgehead atoms. The van der Waals surface area contributed by atoms with E-state index in [1.165, 1.54) is 134 Å². The summed E-state index contributed by atoms with van der Waals surface area (Å²) in [5.74, 6) is 0.670. The van der Waals surface area contributed by atoms with Gasteiger partial charge in [0.1, 0.15) is 0 Å². The van der Waals surface area contributed by atoms with E-state index in [4.69, 9.17) is 0 Å². The summed E-state index contributed by atoms with van der Waals surface area (Å²) >= 11 is 0. The van der Waals surface area contributed by atoms with E-state index in [0.29, 0.717) is 5.92 Å². The molecule has 2 aliphatic carbocycles. The lowest BCUT2D eigenvalue weighted by Crippen LogP contribution is -2.00. The SMILES string of the molecule is [C]1=C2CCCCCCCCCCCCCCCCCCCCC2c2ccccc21. The predicted octanol–water partition coefficient (Wildman–Crippen LogP) is 9.68. The Balaban J connectivity index is 1.46. The van der Waals surface area contributed by atoms with Crippen molar-refractivity contribution < 1.29 is 0 Å². The van der Waals surface area contributed by atoms with Crippen LogP contribution in [0.1, 0.15) is 145 Å². The van der Waals surface area contributed by atoms with Crippen molar-refractivity contribution in [2.24, 2.45) is 0 Å². The lowest BCUT2D eigenvalue weighted by Gasteiger charge is -2.17. The minimum Gasteiger partial charge on any atom is -0.0619 e. The van der Waals surface area contributed by atoms with Gasteiger partial charge in [-0.1, -0.05) is 139 Å². The van der Waals surface area contributed by atoms with E-state index in [1.807, 2.05) is 0 Å². The van der Waals surface area contributed by atoms with Gasteiger partial charge in [0, 0.05) is 5.92 Å². The van der Waals surface area contributed by atoms with Crippen molar-refractivity contribution in [2.45, 2.75) is 134 Å². The smallest absolute Gasteiger partial charge is 0.00637 e. The van der Waals surface area contributed by atoms with Crippen LogP contribution in [0.5, 0.6) is 0 Å². The second kappa shape index (κ2) is 14.1. The van der Waals surface area contributed by atoms with Gasteiger partial charge < -0.3 is 0 Å². The average Bonchev–Trinajstić information content (AvgIpc) is 3.09. The molecule has 1 aromatic carbocycles. The van der Waals surface area contributed by atoms with Gasteiger partial charge in [-0.2, -0.15) is 0 Å². The molecule has 0 aliphatic heterocycles. The van der Waals surface area contributed by atoms with Crippen LogP contribution in [0.15, 0.2) is 29.8 Å². The van der Waals surface area contributed by atoms with Crippen molar-refractivity contribution in [2.75, 3.05) is 0 Å². The Labute approximate surface area is 181 Å². The van der Waals surface area contributed by atoms with Crippen molar-refractivity contribution in [3.05, 3.63) is 47.0 Å². The molecule has 3 rings (SSSR count). The van der Waals surface area contributed by atoms with Gasteiger partial charge in [-0.15, -0.1) is 0 Å². The van der Waals surface area contributed by atoms with Crippen LogP contribution in [0, 0.1) is 6.08 Å². The molecular weight excluding hydrogens is 348 g/mol. The molecular formula is C29H45. The lowest BCUT2D eigenvalue weighted by molar-refractivity contribution is 0.512. The molecule has 0 spiro atoms. The number of hydrogen-bond acceptors (Lipinski definition) is 0. The number of rotatable bonds is 0. The van der Waals surface area contributed by atoms with Crippen molar-refractivity contribution in [3.8, 4) is 0 Å². The Hall–Kier alpha value is -1.04.